The monoisotopic (exact) mass is 286 g/mol. The minimum Gasteiger partial charge on any atom is -0.350 e. The summed E-state index contributed by atoms with van der Waals surface area (Å²) in [5.74, 6) is 0. The van der Waals surface area contributed by atoms with Crippen LogP contribution in [0.5, 0.6) is 0 Å². The van der Waals surface area contributed by atoms with E-state index in [4.69, 9.17) is 14.5 Å². The number of methoxy groups -OCH3 is 2. The van der Waals surface area contributed by atoms with E-state index in [9.17, 15) is 0 Å². The van der Waals surface area contributed by atoms with Gasteiger partial charge < -0.3 is 9.47 Å². The van der Waals surface area contributed by atoms with E-state index >= 15 is 0 Å². The van der Waals surface area contributed by atoms with Crippen LogP contribution in [0.2, 0.25) is 0 Å². The number of nitrogens with zero attached hydrogens (tertiary/aromatic N) is 2. The maximum absolute atomic E-state index is 5.35. The molecular weight excluding hydrogens is 272 g/mol. The number of hydrogen-bond donors (Lipinski definition) is 0. The highest BCUT2D eigenvalue weighted by Crippen LogP contribution is 2.31. The molecule has 2 heterocycles. The van der Waals surface area contributed by atoms with Gasteiger partial charge in [0.2, 0.25) is 6.29 Å². The Morgan fingerprint density at radius 1 is 0.950 bits per heavy atom. The van der Waals surface area contributed by atoms with Crippen LogP contribution in [0.1, 0.15) is 12.0 Å². The number of thiophene rings is 1. The van der Waals surface area contributed by atoms with Gasteiger partial charge >= 0.3 is 0 Å². The number of hydrogen-bond acceptors (Lipinski definition) is 5. The molecule has 0 fully saturated rings. The summed E-state index contributed by atoms with van der Waals surface area (Å²) in [6.07, 6.45) is -0.524. The third-order valence-electron chi connectivity index (χ3n) is 3.00. The fourth-order valence-electron chi connectivity index (χ4n) is 2.09. The van der Waals surface area contributed by atoms with Crippen LogP contribution in [0.15, 0.2) is 41.8 Å². The second-order valence-corrected chi connectivity index (χ2v) is 5.17. The lowest BCUT2D eigenvalue weighted by atomic mass is 10.2. The van der Waals surface area contributed by atoms with Crippen LogP contribution in [-0.4, -0.2) is 24.2 Å². The molecule has 3 rings (SSSR count). The molecule has 0 spiro atoms. The van der Waals surface area contributed by atoms with Crippen LogP contribution in [0.25, 0.3) is 21.6 Å². The topological polar surface area (TPSA) is 44.2 Å². The number of benzene rings is 1. The molecule has 0 bridgehead atoms. The molecule has 0 aliphatic heterocycles. The van der Waals surface area contributed by atoms with E-state index < -0.39 is 6.29 Å². The molecule has 0 radical (unpaired) electrons. The normalized spacial score (nSPS) is 11.3. The van der Waals surface area contributed by atoms with Crippen LogP contribution in [0.4, 0.5) is 0 Å². The summed E-state index contributed by atoms with van der Waals surface area (Å²) in [4.78, 5) is 10.4. The predicted octanol–water partition coefficient (Wildman–Crippen LogP) is 3.65. The summed E-state index contributed by atoms with van der Waals surface area (Å²) in [5.41, 5.74) is 3.22. The Morgan fingerprint density at radius 3 is 2.25 bits per heavy atom. The Morgan fingerprint density at radius 2 is 1.65 bits per heavy atom. The molecule has 4 nitrogen and oxygen atoms in total. The van der Waals surface area contributed by atoms with Gasteiger partial charge in [0, 0.05) is 14.2 Å². The van der Waals surface area contributed by atoms with Crippen molar-refractivity contribution in [2.24, 2.45) is 0 Å². The average Bonchev–Trinajstić information content (AvgIpc) is 3.02. The molecule has 5 heteroatoms. The van der Waals surface area contributed by atoms with E-state index in [-0.39, 0.29) is 0 Å². The first-order valence-electron chi connectivity index (χ1n) is 6.19. The first-order valence-corrected chi connectivity index (χ1v) is 7.07. The molecule has 2 aromatic heterocycles. The SMILES string of the molecule is COC(OC)c1nc2ccccc2nc1-c1cccs1. The van der Waals surface area contributed by atoms with Crippen molar-refractivity contribution in [3.8, 4) is 10.6 Å². The van der Waals surface area contributed by atoms with Gasteiger partial charge in [0.25, 0.3) is 0 Å². The van der Waals surface area contributed by atoms with Gasteiger partial charge in [0.05, 0.1) is 15.9 Å². The van der Waals surface area contributed by atoms with Crippen LogP contribution >= 0.6 is 11.3 Å². The van der Waals surface area contributed by atoms with Crippen molar-refractivity contribution in [2.45, 2.75) is 6.29 Å². The zero-order chi connectivity index (χ0) is 13.9. The lowest BCUT2D eigenvalue weighted by Crippen LogP contribution is -2.09. The van der Waals surface area contributed by atoms with Crippen LogP contribution < -0.4 is 0 Å². The highest BCUT2D eigenvalue weighted by Gasteiger charge is 2.20. The summed E-state index contributed by atoms with van der Waals surface area (Å²) in [6.45, 7) is 0. The Hall–Kier alpha value is -1.82. The first-order chi connectivity index (χ1) is 9.83. The van der Waals surface area contributed by atoms with Crippen LogP contribution in [0, 0.1) is 0 Å². The maximum Gasteiger partial charge on any atom is 0.202 e. The molecule has 0 aliphatic rings. The van der Waals surface area contributed by atoms with Crippen LogP contribution in [0.3, 0.4) is 0 Å². The molecule has 0 N–H and O–H groups in total. The standard InChI is InChI=1S/C15H14N2O2S/c1-18-15(19-2)14-13(12-8-5-9-20-12)16-10-6-3-4-7-11(10)17-14/h3-9,15H,1-2H3. The lowest BCUT2D eigenvalue weighted by Gasteiger charge is -2.16. The smallest absolute Gasteiger partial charge is 0.202 e. The summed E-state index contributed by atoms with van der Waals surface area (Å²) >= 11 is 1.62. The van der Waals surface area contributed by atoms with Crippen LogP contribution in [-0.2, 0) is 9.47 Å². The summed E-state index contributed by atoms with van der Waals surface area (Å²) < 4.78 is 10.7. The number of fused-ring (bicyclic) bond motifs is 1. The molecule has 0 saturated heterocycles. The van der Waals surface area contributed by atoms with Crippen molar-refractivity contribution >= 4 is 22.4 Å². The number of rotatable bonds is 4. The highest BCUT2D eigenvalue weighted by molar-refractivity contribution is 7.13. The van der Waals surface area contributed by atoms with Crippen molar-refractivity contribution in [3.05, 3.63) is 47.5 Å². The second kappa shape index (κ2) is 5.66. The number of aromatic nitrogens is 2. The van der Waals surface area contributed by atoms with E-state index in [1.54, 1.807) is 25.6 Å². The average molecular weight is 286 g/mol. The number of para-hydroxylation sites is 2. The van der Waals surface area contributed by atoms with Crippen molar-refractivity contribution in [3.63, 3.8) is 0 Å². The third-order valence-corrected chi connectivity index (χ3v) is 3.88. The molecule has 0 atom stereocenters. The first kappa shape index (κ1) is 13.2. The second-order valence-electron chi connectivity index (χ2n) is 4.23. The van der Waals surface area contributed by atoms with E-state index in [0.717, 1.165) is 21.6 Å². The highest BCUT2D eigenvalue weighted by atomic mass is 32.1. The molecule has 20 heavy (non-hydrogen) atoms. The molecule has 1 aromatic carbocycles. The summed E-state index contributed by atoms with van der Waals surface area (Å²) in [7, 11) is 3.20. The van der Waals surface area contributed by atoms with Gasteiger partial charge in [-0.1, -0.05) is 18.2 Å². The molecule has 0 unspecified atom stereocenters. The Balaban J connectivity index is 2.26. The van der Waals surface area contributed by atoms with E-state index in [1.807, 2.05) is 41.8 Å². The van der Waals surface area contributed by atoms with E-state index in [0.29, 0.717) is 5.69 Å². The van der Waals surface area contributed by atoms with Gasteiger partial charge in [-0.05, 0) is 23.6 Å². The fourth-order valence-corrected chi connectivity index (χ4v) is 2.81. The molecule has 102 valence electrons. The van der Waals surface area contributed by atoms with Gasteiger partial charge in [-0.2, -0.15) is 0 Å². The largest absolute Gasteiger partial charge is 0.350 e. The van der Waals surface area contributed by atoms with Crippen molar-refractivity contribution in [1.82, 2.24) is 9.97 Å². The molecule has 3 aromatic rings. The van der Waals surface area contributed by atoms with Gasteiger partial charge in [-0.3, -0.25) is 0 Å². The van der Waals surface area contributed by atoms with Gasteiger partial charge in [0.15, 0.2) is 0 Å². The quantitative estimate of drug-likeness (QED) is 0.687. The van der Waals surface area contributed by atoms with E-state index in [2.05, 4.69) is 4.98 Å². The third kappa shape index (κ3) is 2.31. The fraction of sp³-hybridized carbons (Fsp3) is 0.200. The Kier molecular flexibility index (Phi) is 3.73. The van der Waals surface area contributed by atoms with E-state index in [1.165, 1.54) is 0 Å². The van der Waals surface area contributed by atoms with Gasteiger partial charge in [-0.15, -0.1) is 11.3 Å². The minimum atomic E-state index is -0.524. The lowest BCUT2D eigenvalue weighted by molar-refractivity contribution is -0.108. The Bertz CT molecular complexity index is 709. The molecule has 0 aliphatic carbocycles. The van der Waals surface area contributed by atoms with Crippen molar-refractivity contribution in [2.75, 3.05) is 14.2 Å². The number of ether oxygens (including phenoxy) is 2. The van der Waals surface area contributed by atoms with Crippen molar-refractivity contribution in [1.29, 1.82) is 0 Å². The minimum absolute atomic E-state index is 0.524. The molecule has 0 saturated carbocycles. The molecule has 0 amide bonds. The Labute approximate surface area is 121 Å². The summed E-state index contributed by atoms with van der Waals surface area (Å²) in [5, 5.41) is 2.02. The zero-order valence-electron chi connectivity index (χ0n) is 11.2. The van der Waals surface area contributed by atoms with Gasteiger partial charge in [-0.25, -0.2) is 9.97 Å². The molecular formula is C15H14N2O2S. The predicted molar refractivity (Wildman–Crippen MR) is 79.6 cm³/mol. The van der Waals surface area contributed by atoms with Crippen molar-refractivity contribution < 1.29 is 9.47 Å². The maximum atomic E-state index is 5.35. The van der Waals surface area contributed by atoms with Gasteiger partial charge in [0.1, 0.15) is 11.4 Å². The zero-order valence-corrected chi connectivity index (χ0v) is 12.1. The summed E-state index contributed by atoms with van der Waals surface area (Å²) in [6, 6.07) is 11.8.